The lowest BCUT2D eigenvalue weighted by atomic mass is 9.79. The third kappa shape index (κ3) is 8.54. The number of hydrogen-bond acceptors (Lipinski definition) is 4. The molecule has 0 saturated heterocycles. The first-order valence-corrected chi connectivity index (χ1v) is 16.1. The molecule has 0 radical (unpaired) electrons. The van der Waals surface area contributed by atoms with E-state index >= 15 is 0 Å². The second-order valence-electron chi connectivity index (χ2n) is 16.4. The molecule has 0 N–H and O–H groups in total. The van der Waals surface area contributed by atoms with Crippen LogP contribution in [0, 0.1) is 0 Å². The lowest BCUT2D eigenvalue weighted by Gasteiger charge is -2.26. The number of rotatable bonds is 5. The summed E-state index contributed by atoms with van der Waals surface area (Å²) in [6.07, 6.45) is 0. The molecule has 0 fully saturated rings. The van der Waals surface area contributed by atoms with E-state index in [9.17, 15) is 9.59 Å². The third-order valence-corrected chi connectivity index (χ3v) is 8.26. The Balaban J connectivity index is 1.48. The SMILES string of the molecule is CC(C)(C)c1cc(C(=O)Oc2ccc(-c3ccc(OC(=O)c4cc(C(C)(C)C)cc(C(C)(C)C)c4)cc3)cc2)cc(C(C)(C)C)c1. The third-order valence-electron chi connectivity index (χ3n) is 8.26. The molecule has 0 amide bonds. The quantitative estimate of drug-likeness (QED) is 0.165. The zero-order chi connectivity index (χ0) is 34.2. The second-order valence-corrected chi connectivity index (χ2v) is 16.4. The summed E-state index contributed by atoms with van der Waals surface area (Å²) >= 11 is 0. The summed E-state index contributed by atoms with van der Waals surface area (Å²) in [5, 5.41) is 0. The van der Waals surface area contributed by atoms with Crippen LogP contribution in [-0.2, 0) is 21.7 Å². The van der Waals surface area contributed by atoms with Crippen LogP contribution in [0.4, 0.5) is 0 Å². The summed E-state index contributed by atoms with van der Waals surface area (Å²) in [5.74, 6) is 0.200. The summed E-state index contributed by atoms with van der Waals surface area (Å²) in [4.78, 5) is 26.5. The lowest BCUT2D eigenvalue weighted by molar-refractivity contribution is 0.0724. The van der Waals surface area contributed by atoms with E-state index in [0.29, 0.717) is 22.6 Å². The fourth-order valence-corrected chi connectivity index (χ4v) is 4.99. The number of ether oxygens (including phenoxy) is 2. The van der Waals surface area contributed by atoms with Crippen molar-refractivity contribution in [3.63, 3.8) is 0 Å². The van der Waals surface area contributed by atoms with E-state index in [1.807, 2.05) is 48.5 Å². The van der Waals surface area contributed by atoms with Gasteiger partial charge in [0.15, 0.2) is 0 Å². The minimum Gasteiger partial charge on any atom is -0.423 e. The fraction of sp³-hybridized carbons (Fsp3) is 0.381. The Labute approximate surface area is 276 Å². The summed E-state index contributed by atoms with van der Waals surface area (Å²) in [7, 11) is 0. The molecule has 0 aromatic heterocycles. The van der Waals surface area contributed by atoms with Gasteiger partial charge in [-0.1, -0.05) is 119 Å². The predicted molar refractivity (Wildman–Crippen MR) is 189 cm³/mol. The van der Waals surface area contributed by atoms with Gasteiger partial charge in [0.05, 0.1) is 11.1 Å². The largest absolute Gasteiger partial charge is 0.423 e. The Morgan fingerprint density at radius 3 is 0.848 bits per heavy atom. The highest BCUT2D eigenvalue weighted by atomic mass is 16.5. The van der Waals surface area contributed by atoms with Crippen LogP contribution in [0.3, 0.4) is 0 Å². The van der Waals surface area contributed by atoms with Crippen LogP contribution >= 0.6 is 0 Å². The standard InChI is InChI=1S/C42H50O4/c1-39(2,3)31-21-29(22-32(25-31)40(4,5)6)37(43)45-35-17-13-27(14-18-35)28-15-19-36(20-16-28)46-38(44)30-23-33(41(7,8)9)26-34(24-30)42(10,11)12/h13-26H,1-12H3. The molecule has 242 valence electrons. The topological polar surface area (TPSA) is 52.6 Å². The Bertz CT molecular complexity index is 1520. The molecule has 4 rings (SSSR count). The molecule has 0 aliphatic rings. The van der Waals surface area contributed by atoms with Gasteiger partial charge in [0.2, 0.25) is 0 Å². The summed E-state index contributed by atoms with van der Waals surface area (Å²) in [5.41, 5.74) is 7.01. The second kappa shape index (κ2) is 12.5. The van der Waals surface area contributed by atoms with Crippen molar-refractivity contribution in [3.8, 4) is 22.6 Å². The van der Waals surface area contributed by atoms with Crippen molar-refractivity contribution in [2.24, 2.45) is 0 Å². The molecule has 0 atom stereocenters. The van der Waals surface area contributed by atoms with Crippen molar-refractivity contribution < 1.29 is 19.1 Å². The maximum atomic E-state index is 13.2. The minimum absolute atomic E-state index is 0.0983. The van der Waals surface area contributed by atoms with E-state index in [0.717, 1.165) is 33.4 Å². The van der Waals surface area contributed by atoms with Crippen LogP contribution in [0.5, 0.6) is 11.5 Å². The minimum atomic E-state index is -0.377. The molecule has 46 heavy (non-hydrogen) atoms. The van der Waals surface area contributed by atoms with Crippen LogP contribution in [0.15, 0.2) is 84.9 Å². The van der Waals surface area contributed by atoms with Crippen molar-refractivity contribution >= 4 is 11.9 Å². The molecule has 0 aliphatic heterocycles. The molecule has 0 heterocycles. The molecular formula is C42H50O4. The van der Waals surface area contributed by atoms with Crippen LogP contribution < -0.4 is 9.47 Å². The molecule has 0 bridgehead atoms. The van der Waals surface area contributed by atoms with Gasteiger partial charge in [0.25, 0.3) is 0 Å². The smallest absolute Gasteiger partial charge is 0.343 e. The molecule has 0 unspecified atom stereocenters. The van der Waals surface area contributed by atoms with Crippen LogP contribution in [0.2, 0.25) is 0 Å². The number of benzene rings is 4. The van der Waals surface area contributed by atoms with Crippen molar-refractivity contribution in [1.82, 2.24) is 0 Å². The highest BCUT2D eigenvalue weighted by molar-refractivity contribution is 5.92. The van der Waals surface area contributed by atoms with E-state index in [2.05, 4.69) is 95.2 Å². The van der Waals surface area contributed by atoms with E-state index in [-0.39, 0.29) is 33.6 Å². The fourth-order valence-electron chi connectivity index (χ4n) is 4.99. The normalized spacial score (nSPS) is 12.5. The zero-order valence-corrected chi connectivity index (χ0v) is 29.7. The maximum absolute atomic E-state index is 13.2. The van der Waals surface area contributed by atoms with Gasteiger partial charge in [-0.05, 0) is 104 Å². The maximum Gasteiger partial charge on any atom is 0.343 e. The van der Waals surface area contributed by atoms with Gasteiger partial charge in [-0.25, -0.2) is 9.59 Å². The average molecular weight is 619 g/mol. The molecule has 4 aromatic carbocycles. The van der Waals surface area contributed by atoms with Crippen molar-refractivity contribution in [2.75, 3.05) is 0 Å². The first-order valence-electron chi connectivity index (χ1n) is 16.1. The van der Waals surface area contributed by atoms with E-state index in [4.69, 9.17) is 9.47 Å². The summed E-state index contributed by atoms with van der Waals surface area (Å²) in [6.45, 7) is 25.8. The molecule has 4 nitrogen and oxygen atoms in total. The van der Waals surface area contributed by atoms with Gasteiger partial charge in [0.1, 0.15) is 11.5 Å². The van der Waals surface area contributed by atoms with Crippen molar-refractivity contribution in [2.45, 2.75) is 105 Å². The molecule has 0 spiro atoms. The Morgan fingerprint density at radius 2 is 0.630 bits per heavy atom. The van der Waals surface area contributed by atoms with Gasteiger partial charge in [-0.3, -0.25) is 0 Å². The first kappa shape index (κ1) is 34.7. The Kier molecular flexibility index (Phi) is 9.46. The highest BCUT2D eigenvalue weighted by Gasteiger charge is 2.24. The predicted octanol–water partition coefficient (Wildman–Crippen LogP) is 11.0. The monoisotopic (exact) mass is 618 g/mol. The molecule has 4 aromatic rings. The summed E-state index contributed by atoms with van der Waals surface area (Å²) < 4.78 is 11.6. The Hall–Kier alpha value is -4.18. The highest BCUT2D eigenvalue weighted by Crippen LogP contribution is 2.33. The van der Waals surface area contributed by atoms with Crippen molar-refractivity contribution in [1.29, 1.82) is 0 Å². The van der Waals surface area contributed by atoms with E-state index in [1.54, 1.807) is 24.3 Å². The molecular weight excluding hydrogens is 568 g/mol. The molecule has 0 aliphatic carbocycles. The Morgan fingerprint density at radius 1 is 0.391 bits per heavy atom. The lowest BCUT2D eigenvalue weighted by Crippen LogP contribution is -2.19. The zero-order valence-electron chi connectivity index (χ0n) is 29.7. The van der Waals surface area contributed by atoms with Crippen LogP contribution in [-0.4, -0.2) is 11.9 Å². The molecule has 0 saturated carbocycles. The average Bonchev–Trinajstić information content (AvgIpc) is 2.95. The van der Waals surface area contributed by atoms with Crippen molar-refractivity contribution in [3.05, 3.63) is 118 Å². The number of carbonyl (C=O) groups excluding carboxylic acids is 2. The molecule has 4 heteroatoms. The van der Waals surface area contributed by atoms with Gasteiger partial charge < -0.3 is 9.47 Å². The van der Waals surface area contributed by atoms with Crippen LogP contribution in [0.25, 0.3) is 11.1 Å². The van der Waals surface area contributed by atoms with Gasteiger partial charge in [-0.15, -0.1) is 0 Å². The van der Waals surface area contributed by atoms with E-state index in [1.165, 1.54) is 0 Å². The number of hydrogen-bond donors (Lipinski definition) is 0. The number of carbonyl (C=O) groups is 2. The van der Waals surface area contributed by atoms with Gasteiger partial charge in [0, 0.05) is 0 Å². The first-order chi connectivity index (χ1) is 21.1. The van der Waals surface area contributed by atoms with Gasteiger partial charge >= 0.3 is 11.9 Å². The number of esters is 2. The van der Waals surface area contributed by atoms with Gasteiger partial charge in [-0.2, -0.15) is 0 Å². The van der Waals surface area contributed by atoms with E-state index < -0.39 is 0 Å². The summed E-state index contributed by atoms with van der Waals surface area (Å²) in [6, 6.07) is 27.0. The van der Waals surface area contributed by atoms with Crippen LogP contribution in [0.1, 0.15) is 126 Å².